The van der Waals surface area contributed by atoms with Crippen LogP contribution in [0, 0.1) is 0 Å². The Bertz CT molecular complexity index is 579. The van der Waals surface area contributed by atoms with Gasteiger partial charge in [0.25, 0.3) is 0 Å². The number of hydrogen-bond acceptors (Lipinski definition) is 5. The van der Waals surface area contributed by atoms with Crippen molar-refractivity contribution in [1.82, 2.24) is 20.2 Å². The Labute approximate surface area is 89.0 Å². The predicted molar refractivity (Wildman–Crippen MR) is 59.4 cm³/mol. The zero-order chi connectivity index (χ0) is 10.3. The second-order valence-corrected chi connectivity index (χ2v) is 4.03. The molecule has 3 rings (SSSR count). The van der Waals surface area contributed by atoms with Gasteiger partial charge in [-0.3, -0.25) is 5.10 Å². The van der Waals surface area contributed by atoms with Crippen LogP contribution in [0.2, 0.25) is 0 Å². The first-order valence-corrected chi connectivity index (χ1v) is 5.17. The highest BCUT2D eigenvalue weighted by molar-refractivity contribution is 7.21. The zero-order valence-electron chi connectivity index (χ0n) is 7.64. The van der Waals surface area contributed by atoms with Crippen LogP contribution in [0.5, 0.6) is 0 Å². The smallest absolute Gasteiger partial charge is 0.145 e. The van der Waals surface area contributed by atoms with Crippen molar-refractivity contribution < 1.29 is 0 Å². The molecule has 6 heteroatoms. The normalized spacial score (nSPS) is 10.9. The van der Waals surface area contributed by atoms with Gasteiger partial charge < -0.3 is 5.73 Å². The number of aromatic nitrogens is 4. The summed E-state index contributed by atoms with van der Waals surface area (Å²) in [7, 11) is 0. The summed E-state index contributed by atoms with van der Waals surface area (Å²) in [5.74, 6) is 0.470. The molecule has 0 aliphatic heterocycles. The lowest BCUT2D eigenvalue weighted by Gasteiger charge is -1.84. The van der Waals surface area contributed by atoms with Gasteiger partial charge in [0.05, 0.1) is 5.69 Å². The number of nitrogens with zero attached hydrogens (tertiary/aromatic N) is 3. The van der Waals surface area contributed by atoms with Gasteiger partial charge in [0.1, 0.15) is 21.2 Å². The van der Waals surface area contributed by atoms with Gasteiger partial charge in [0.15, 0.2) is 0 Å². The Kier molecular flexibility index (Phi) is 1.69. The molecule has 3 N–H and O–H groups in total. The number of nitrogens with one attached hydrogen (secondary N) is 1. The van der Waals surface area contributed by atoms with E-state index < -0.39 is 0 Å². The fourth-order valence-corrected chi connectivity index (χ4v) is 2.21. The van der Waals surface area contributed by atoms with Crippen LogP contribution >= 0.6 is 11.3 Å². The fourth-order valence-electron chi connectivity index (χ4n) is 1.33. The van der Waals surface area contributed by atoms with Crippen molar-refractivity contribution in [2.45, 2.75) is 0 Å². The lowest BCUT2D eigenvalue weighted by Crippen LogP contribution is -1.81. The molecule has 0 saturated carbocycles. The maximum absolute atomic E-state index is 5.53. The second kappa shape index (κ2) is 3.03. The number of nitrogen functional groups attached to an aromatic ring is 1. The molecule has 0 spiro atoms. The van der Waals surface area contributed by atoms with Gasteiger partial charge in [-0.05, 0) is 12.1 Å². The summed E-state index contributed by atoms with van der Waals surface area (Å²) in [5.41, 5.74) is 7.25. The summed E-state index contributed by atoms with van der Waals surface area (Å²) < 4.78 is 0. The highest BCUT2D eigenvalue weighted by Crippen LogP contribution is 2.27. The van der Waals surface area contributed by atoms with Crippen LogP contribution in [0.3, 0.4) is 0 Å². The van der Waals surface area contributed by atoms with E-state index in [2.05, 4.69) is 20.2 Å². The lowest BCUT2D eigenvalue weighted by molar-refractivity contribution is 1.10. The van der Waals surface area contributed by atoms with Gasteiger partial charge >= 0.3 is 0 Å². The van der Waals surface area contributed by atoms with Crippen molar-refractivity contribution in [1.29, 1.82) is 0 Å². The number of hydrogen-bond donors (Lipinski definition) is 2. The number of thiazole rings is 1. The van der Waals surface area contributed by atoms with Crippen molar-refractivity contribution in [2.75, 3.05) is 5.73 Å². The van der Waals surface area contributed by atoms with Gasteiger partial charge in [-0.1, -0.05) is 11.3 Å². The largest absolute Gasteiger partial charge is 0.382 e. The summed E-state index contributed by atoms with van der Waals surface area (Å²) in [6.07, 6.45) is 1.76. The number of fused-ring (bicyclic) bond motifs is 1. The van der Waals surface area contributed by atoms with E-state index >= 15 is 0 Å². The molecule has 0 aliphatic carbocycles. The average Bonchev–Trinajstić information content (AvgIpc) is 2.82. The first-order valence-electron chi connectivity index (χ1n) is 4.36. The van der Waals surface area contributed by atoms with Crippen LogP contribution in [0.1, 0.15) is 0 Å². The first kappa shape index (κ1) is 8.37. The van der Waals surface area contributed by atoms with E-state index in [1.165, 1.54) is 11.3 Å². The molecule has 0 bridgehead atoms. The Morgan fingerprint density at radius 1 is 1.40 bits per heavy atom. The molecule has 3 aromatic heterocycles. The van der Waals surface area contributed by atoms with Crippen molar-refractivity contribution in [3.8, 4) is 10.7 Å². The van der Waals surface area contributed by atoms with E-state index in [0.717, 1.165) is 21.0 Å². The monoisotopic (exact) mass is 217 g/mol. The molecular formula is C9H7N5S. The molecule has 0 radical (unpaired) electrons. The number of aromatic amines is 1. The van der Waals surface area contributed by atoms with Crippen LogP contribution in [-0.4, -0.2) is 20.2 Å². The minimum absolute atomic E-state index is 0.470. The SMILES string of the molecule is Nc1cc(-c2nc3cccnc3s2)[nH]n1. The van der Waals surface area contributed by atoms with Crippen LogP contribution < -0.4 is 5.73 Å². The average molecular weight is 217 g/mol. The zero-order valence-corrected chi connectivity index (χ0v) is 8.45. The predicted octanol–water partition coefficient (Wildman–Crippen LogP) is 1.66. The van der Waals surface area contributed by atoms with Crippen molar-refractivity contribution in [3.05, 3.63) is 24.4 Å². The highest BCUT2D eigenvalue weighted by Gasteiger charge is 2.08. The van der Waals surface area contributed by atoms with Gasteiger partial charge in [-0.2, -0.15) is 5.10 Å². The van der Waals surface area contributed by atoms with E-state index in [1.54, 1.807) is 12.3 Å². The van der Waals surface area contributed by atoms with Gasteiger partial charge in [0.2, 0.25) is 0 Å². The van der Waals surface area contributed by atoms with Crippen LogP contribution in [0.15, 0.2) is 24.4 Å². The third-order valence-corrected chi connectivity index (χ3v) is 3.01. The minimum Gasteiger partial charge on any atom is -0.382 e. The molecule has 0 atom stereocenters. The third kappa shape index (κ3) is 1.35. The molecule has 0 aliphatic rings. The molecular weight excluding hydrogens is 210 g/mol. The molecule has 3 heterocycles. The van der Waals surface area contributed by atoms with Crippen molar-refractivity contribution in [2.24, 2.45) is 0 Å². The maximum Gasteiger partial charge on any atom is 0.145 e. The van der Waals surface area contributed by atoms with E-state index in [-0.39, 0.29) is 0 Å². The summed E-state index contributed by atoms with van der Waals surface area (Å²) in [5, 5.41) is 7.54. The molecule has 0 unspecified atom stereocenters. The van der Waals surface area contributed by atoms with E-state index in [4.69, 9.17) is 5.73 Å². The van der Waals surface area contributed by atoms with Crippen LogP contribution in [-0.2, 0) is 0 Å². The lowest BCUT2D eigenvalue weighted by atomic mass is 10.4. The standard InChI is InChI=1S/C9H7N5S/c10-7-4-6(13-14-7)9-12-5-2-1-3-11-8(5)15-9/h1-4H,(H3,10,13,14). The fraction of sp³-hybridized carbons (Fsp3) is 0. The molecule has 5 nitrogen and oxygen atoms in total. The van der Waals surface area contributed by atoms with Crippen LogP contribution in [0.4, 0.5) is 5.82 Å². The number of H-pyrrole nitrogens is 1. The third-order valence-electron chi connectivity index (χ3n) is 1.99. The Morgan fingerprint density at radius 3 is 3.07 bits per heavy atom. The van der Waals surface area contributed by atoms with Crippen molar-refractivity contribution >= 4 is 27.5 Å². The Hall–Kier alpha value is -1.95. The number of rotatable bonds is 1. The number of pyridine rings is 1. The maximum atomic E-state index is 5.53. The van der Waals surface area contributed by atoms with Crippen LogP contribution in [0.25, 0.3) is 21.0 Å². The Balaban J connectivity index is 2.19. The van der Waals surface area contributed by atoms with Gasteiger partial charge in [-0.25, -0.2) is 9.97 Å². The molecule has 3 aromatic rings. The van der Waals surface area contributed by atoms with Gasteiger partial charge in [0, 0.05) is 12.3 Å². The van der Waals surface area contributed by atoms with E-state index in [9.17, 15) is 0 Å². The minimum atomic E-state index is 0.470. The first-order chi connectivity index (χ1) is 7.33. The second-order valence-electron chi connectivity index (χ2n) is 3.05. The van der Waals surface area contributed by atoms with Crippen molar-refractivity contribution in [3.63, 3.8) is 0 Å². The van der Waals surface area contributed by atoms with Gasteiger partial charge in [-0.15, -0.1) is 0 Å². The molecule has 0 aromatic carbocycles. The summed E-state index contributed by atoms with van der Waals surface area (Å²) >= 11 is 1.51. The van der Waals surface area contributed by atoms with E-state index in [0.29, 0.717) is 5.82 Å². The topological polar surface area (TPSA) is 80.5 Å². The Morgan fingerprint density at radius 2 is 2.33 bits per heavy atom. The molecule has 0 fully saturated rings. The number of nitrogens with two attached hydrogens (primary N) is 1. The number of anilines is 1. The van der Waals surface area contributed by atoms with E-state index in [1.807, 2.05) is 12.1 Å². The molecule has 0 amide bonds. The molecule has 0 saturated heterocycles. The molecule has 74 valence electrons. The summed E-state index contributed by atoms with van der Waals surface area (Å²) in [6, 6.07) is 5.56. The molecule has 15 heavy (non-hydrogen) atoms. The quantitative estimate of drug-likeness (QED) is 0.649. The summed E-state index contributed by atoms with van der Waals surface area (Å²) in [4.78, 5) is 9.57. The highest BCUT2D eigenvalue weighted by atomic mass is 32.1. The summed E-state index contributed by atoms with van der Waals surface area (Å²) in [6.45, 7) is 0.